The van der Waals surface area contributed by atoms with Crippen molar-refractivity contribution >= 4 is 11.8 Å². The van der Waals surface area contributed by atoms with Gasteiger partial charge in [0.25, 0.3) is 0 Å². The molecule has 0 aromatic heterocycles. The van der Waals surface area contributed by atoms with Crippen molar-refractivity contribution in [2.45, 2.75) is 57.9 Å². The largest absolute Gasteiger partial charge is 0.497 e. The number of nitrogens with one attached hydrogen (secondary N) is 1. The topological polar surface area (TPSA) is 61.9 Å². The number of methoxy groups -OCH3 is 1. The van der Waals surface area contributed by atoms with Crippen LogP contribution in [0.25, 0.3) is 0 Å². The normalized spacial score (nSPS) is 22.3. The highest BCUT2D eigenvalue weighted by molar-refractivity contribution is 5.90. The maximum atomic E-state index is 13.0. The van der Waals surface area contributed by atoms with E-state index in [2.05, 4.69) is 17.1 Å². The van der Waals surface area contributed by atoms with Crippen LogP contribution >= 0.6 is 0 Å². The van der Waals surface area contributed by atoms with E-state index in [1.807, 2.05) is 29.2 Å². The Bertz CT molecular complexity index is 685. The average molecular weight is 416 g/mol. The highest BCUT2D eigenvalue weighted by Crippen LogP contribution is 2.39. The zero-order valence-corrected chi connectivity index (χ0v) is 18.6. The molecule has 2 heterocycles. The highest BCUT2D eigenvalue weighted by atomic mass is 16.5. The van der Waals surface area contributed by atoms with Crippen LogP contribution < -0.4 is 10.1 Å². The molecule has 2 aliphatic heterocycles. The number of benzene rings is 1. The molecule has 2 fully saturated rings. The van der Waals surface area contributed by atoms with Crippen molar-refractivity contribution in [3.63, 3.8) is 0 Å². The first kappa shape index (κ1) is 22.6. The lowest BCUT2D eigenvalue weighted by atomic mass is 9.92. The van der Waals surface area contributed by atoms with Gasteiger partial charge in [-0.1, -0.05) is 31.9 Å². The van der Waals surface area contributed by atoms with Crippen molar-refractivity contribution in [2.75, 3.05) is 39.8 Å². The molecule has 2 atom stereocenters. The minimum atomic E-state index is -0.335. The first-order valence-corrected chi connectivity index (χ1v) is 11.6. The molecular formula is C24H37N3O3. The molecule has 0 saturated carbocycles. The van der Waals surface area contributed by atoms with Gasteiger partial charge in [0.15, 0.2) is 0 Å². The number of nitrogens with zero attached hydrogens (tertiary/aromatic N) is 2. The van der Waals surface area contributed by atoms with Crippen LogP contribution in [0.5, 0.6) is 5.75 Å². The van der Waals surface area contributed by atoms with Crippen LogP contribution in [0.1, 0.15) is 63.5 Å². The van der Waals surface area contributed by atoms with Gasteiger partial charge in [-0.15, -0.1) is 0 Å². The van der Waals surface area contributed by atoms with Crippen molar-refractivity contribution < 1.29 is 14.3 Å². The van der Waals surface area contributed by atoms with Crippen LogP contribution in [-0.4, -0.2) is 61.4 Å². The Kier molecular flexibility index (Phi) is 8.55. The monoisotopic (exact) mass is 415 g/mol. The zero-order chi connectivity index (χ0) is 21.3. The fourth-order valence-corrected chi connectivity index (χ4v) is 4.66. The van der Waals surface area contributed by atoms with E-state index in [0.29, 0.717) is 19.5 Å². The summed E-state index contributed by atoms with van der Waals surface area (Å²) in [5.41, 5.74) is 1.01. The summed E-state index contributed by atoms with van der Waals surface area (Å²) in [5, 5.41) is 3.11. The summed E-state index contributed by atoms with van der Waals surface area (Å²) in [6, 6.07) is 7.58. The third kappa shape index (κ3) is 5.75. The van der Waals surface area contributed by atoms with E-state index in [1.54, 1.807) is 7.11 Å². The second-order valence-corrected chi connectivity index (χ2v) is 8.52. The summed E-state index contributed by atoms with van der Waals surface area (Å²) in [6.45, 7) is 6.88. The van der Waals surface area contributed by atoms with Gasteiger partial charge < -0.3 is 19.9 Å². The van der Waals surface area contributed by atoms with Crippen molar-refractivity contribution in [1.82, 2.24) is 15.1 Å². The number of likely N-dealkylation sites (tertiary alicyclic amines) is 2. The van der Waals surface area contributed by atoms with E-state index in [-0.39, 0.29) is 23.8 Å². The summed E-state index contributed by atoms with van der Waals surface area (Å²) in [6.07, 6.45) is 7.12. The van der Waals surface area contributed by atoms with Crippen molar-refractivity contribution in [3.8, 4) is 5.75 Å². The minimum absolute atomic E-state index is 0.00168. The van der Waals surface area contributed by atoms with Crippen molar-refractivity contribution in [2.24, 2.45) is 5.92 Å². The number of amides is 2. The average Bonchev–Trinajstić information content (AvgIpc) is 3.12. The minimum Gasteiger partial charge on any atom is -0.497 e. The van der Waals surface area contributed by atoms with E-state index in [1.165, 1.54) is 32.4 Å². The number of carbonyl (C=O) groups is 2. The lowest BCUT2D eigenvalue weighted by molar-refractivity contribution is -0.129. The number of carbonyl (C=O) groups excluding carboxylic acids is 2. The number of hydrogen-bond acceptors (Lipinski definition) is 4. The van der Waals surface area contributed by atoms with Crippen LogP contribution in [-0.2, 0) is 9.59 Å². The zero-order valence-electron chi connectivity index (χ0n) is 18.6. The second-order valence-electron chi connectivity index (χ2n) is 8.52. The Hall–Kier alpha value is -2.08. The molecule has 2 amide bonds. The van der Waals surface area contributed by atoms with Gasteiger partial charge in [-0.3, -0.25) is 9.59 Å². The van der Waals surface area contributed by atoms with Gasteiger partial charge in [-0.2, -0.15) is 0 Å². The summed E-state index contributed by atoms with van der Waals surface area (Å²) in [4.78, 5) is 30.2. The summed E-state index contributed by atoms with van der Waals surface area (Å²) in [7, 11) is 1.64. The molecule has 1 aromatic carbocycles. The van der Waals surface area contributed by atoms with Crippen LogP contribution in [0, 0.1) is 5.92 Å². The third-order valence-electron chi connectivity index (χ3n) is 6.38. The molecule has 30 heavy (non-hydrogen) atoms. The Morgan fingerprint density at radius 2 is 1.83 bits per heavy atom. The number of piperidine rings is 1. The SMILES string of the molecule is CCCCN1C(=O)CC(C(=O)NCCCN2CCCCC2)C1c1ccc(OC)cc1. The van der Waals surface area contributed by atoms with Crippen LogP contribution in [0.3, 0.4) is 0 Å². The Labute approximate surface area is 180 Å². The van der Waals surface area contributed by atoms with Crippen LogP contribution in [0.2, 0.25) is 0 Å². The molecular weight excluding hydrogens is 378 g/mol. The molecule has 1 N–H and O–H groups in total. The molecule has 0 spiro atoms. The van der Waals surface area contributed by atoms with Crippen molar-refractivity contribution in [3.05, 3.63) is 29.8 Å². The smallest absolute Gasteiger partial charge is 0.226 e. The van der Waals surface area contributed by atoms with E-state index < -0.39 is 0 Å². The van der Waals surface area contributed by atoms with Gasteiger partial charge in [0, 0.05) is 19.5 Å². The fourth-order valence-electron chi connectivity index (χ4n) is 4.66. The first-order valence-electron chi connectivity index (χ1n) is 11.6. The standard InChI is InChI=1S/C24H37N3O3/c1-3-4-17-27-22(28)18-21(23(27)19-9-11-20(30-2)12-10-19)24(29)25-13-8-16-26-14-6-5-7-15-26/h9-12,21,23H,3-8,13-18H2,1-2H3,(H,25,29). The molecule has 2 aliphatic rings. The lowest BCUT2D eigenvalue weighted by Gasteiger charge is -2.29. The maximum absolute atomic E-state index is 13.0. The second kappa shape index (κ2) is 11.3. The third-order valence-corrected chi connectivity index (χ3v) is 6.38. The summed E-state index contributed by atoms with van der Waals surface area (Å²) >= 11 is 0. The number of rotatable bonds is 10. The highest BCUT2D eigenvalue weighted by Gasteiger charge is 2.44. The van der Waals surface area contributed by atoms with Crippen LogP contribution in [0.15, 0.2) is 24.3 Å². The van der Waals surface area contributed by atoms with Gasteiger partial charge in [0.1, 0.15) is 5.75 Å². The molecule has 1 aromatic rings. The Morgan fingerprint density at radius 1 is 1.10 bits per heavy atom. The van der Waals surface area contributed by atoms with Gasteiger partial charge in [0.2, 0.25) is 11.8 Å². The van der Waals surface area contributed by atoms with Gasteiger partial charge in [-0.25, -0.2) is 0 Å². The maximum Gasteiger partial charge on any atom is 0.226 e. The molecule has 0 radical (unpaired) electrons. The van der Waals surface area contributed by atoms with Crippen molar-refractivity contribution in [1.29, 1.82) is 0 Å². The quantitative estimate of drug-likeness (QED) is 0.595. The predicted octanol–water partition coefficient (Wildman–Crippen LogP) is 3.38. The molecule has 0 aliphatic carbocycles. The predicted molar refractivity (Wildman–Crippen MR) is 118 cm³/mol. The molecule has 6 heteroatoms. The first-order chi connectivity index (χ1) is 14.6. The molecule has 0 bridgehead atoms. The Morgan fingerprint density at radius 3 is 2.50 bits per heavy atom. The summed E-state index contributed by atoms with van der Waals surface area (Å²) in [5.74, 6) is 0.527. The number of ether oxygens (including phenoxy) is 1. The van der Waals surface area contributed by atoms with E-state index in [0.717, 1.165) is 37.1 Å². The van der Waals surface area contributed by atoms with Crippen LogP contribution in [0.4, 0.5) is 0 Å². The van der Waals surface area contributed by atoms with Gasteiger partial charge >= 0.3 is 0 Å². The van der Waals surface area contributed by atoms with Gasteiger partial charge in [0.05, 0.1) is 19.1 Å². The number of unbranched alkanes of at least 4 members (excludes halogenated alkanes) is 1. The summed E-state index contributed by atoms with van der Waals surface area (Å²) < 4.78 is 5.27. The molecule has 2 saturated heterocycles. The molecule has 2 unspecified atom stereocenters. The number of hydrogen-bond donors (Lipinski definition) is 1. The van der Waals surface area contributed by atoms with E-state index in [9.17, 15) is 9.59 Å². The molecule has 6 nitrogen and oxygen atoms in total. The molecule has 166 valence electrons. The molecule has 3 rings (SSSR count). The Balaban J connectivity index is 1.62. The lowest BCUT2D eigenvalue weighted by Crippen LogP contribution is -2.37. The van der Waals surface area contributed by atoms with E-state index in [4.69, 9.17) is 4.74 Å². The fraction of sp³-hybridized carbons (Fsp3) is 0.667. The van der Waals surface area contributed by atoms with E-state index >= 15 is 0 Å². The van der Waals surface area contributed by atoms with Gasteiger partial charge in [-0.05, 0) is 63.0 Å².